The quantitative estimate of drug-likeness (QED) is 0.641. The largest absolute Gasteiger partial charge is 0.442 e. The predicted octanol–water partition coefficient (Wildman–Crippen LogP) is -0.575. The molecular weight excluding hydrogens is 172 g/mol. The van der Waals surface area contributed by atoms with E-state index in [1.165, 1.54) is 0 Å². The molecule has 74 valence electrons. The zero-order chi connectivity index (χ0) is 9.26. The standard InChI is InChI=1S/C8H14N2O3/c1-10-4-7(13-8(10)11)5-12-6-2-9-3-6/h6-7,9H,2-5H2,1H3. The minimum Gasteiger partial charge on any atom is -0.442 e. The first-order chi connectivity index (χ1) is 6.25. The highest BCUT2D eigenvalue weighted by molar-refractivity contribution is 5.69. The summed E-state index contributed by atoms with van der Waals surface area (Å²) in [6, 6.07) is 0. The maximum atomic E-state index is 10.9. The third-order valence-electron chi connectivity index (χ3n) is 2.32. The first-order valence-electron chi connectivity index (χ1n) is 4.50. The van der Waals surface area contributed by atoms with Gasteiger partial charge in [0.25, 0.3) is 0 Å². The zero-order valence-electron chi connectivity index (χ0n) is 7.66. The lowest BCUT2D eigenvalue weighted by Crippen LogP contribution is -2.49. The van der Waals surface area contributed by atoms with Crippen LogP contribution in [0.2, 0.25) is 0 Å². The fraction of sp³-hybridized carbons (Fsp3) is 0.875. The van der Waals surface area contributed by atoms with Crippen molar-refractivity contribution in [3.63, 3.8) is 0 Å². The van der Waals surface area contributed by atoms with Gasteiger partial charge in [-0.1, -0.05) is 0 Å². The van der Waals surface area contributed by atoms with Gasteiger partial charge in [-0.25, -0.2) is 4.79 Å². The molecule has 2 fully saturated rings. The van der Waals surface area contributed by atoms with Crippen molar-refractivity contribution < 1.29 is 14.3 Å². The Labute approximate surface area is 77.0 Å². The van der Waals surface area contributed by atoms with Gasteiger partial charge in [-0.15, -0.1) is 0 Å². The summed E-state index contributed by atoms with van der Waals surface area (Å²) in [6.07, 6.45) is -0.0250. The molecule has 1 atom stereocenters. The summed E-state index contributed by atoms with van der Waals surface area (Å²) in [6.45, 7) is 2.98. The van der Waals surface area contributed by atoms with Gasteiger partial charge in [-0.05, 0) is 0 Å². The number of rotatable bonds is 3. The van der Waals surface area contributed by atoms with Crippen molar-refractivity contribution >= 4 is 6.09 Å². The molecular formula is C8H14N2O3. The van der Waals surface area contributed by atoms with E-state index >= 15 is 0 Å². The molecule has 0 saturated carbocycles. The van der Waals surface area contributed by atoms with Crippen molar-refractivity contribution in [2.24, 2.45) is 0 Å². The normalized spacial score (nSPS) is 28.8. The van der Waals surface area contributed by atoms with E-state index < -0.39 is 0 Å². The zero-order valence-corrected chi connectivity index (χ0v) is 7.66. The molecule has 5 heteroatoms. The molecule has 0 bridgehead atoms. The average Bonchev–Trinajstić information content (AvgIpc) is 2.28. The molecule has 1 unspecified atom stereocenters. The molecule has 1 N–H and O–H groups in total. The second kappa shape index (κ2) is 3.51. The van der Waals surface area contributed by atoms with Crippen LogP contribution in [0.3, 0.4) is 0 Å². The molecule has 0 aromatic carbocycles. The highest BCUT2D eigenvalue weighted by Gasteiger charge is 2.29. The summed E-state index contributed by atoms with van der Waals surface area (Å²) in [5, 5.41) is 3.11. The fourth-order valence-corrected chi connectivity index (χ4v) is 1.36. The highest BCUT2D eigenvalue weighted by atomic mass is 16.6. The van der Waals surface area contributed by atoms with Gasteiger partial charge in [0, 0.05) is 20.1 Å². The van der Waals surface area contributed by atoms with Crippen molar-refractivity contribution in [3.8, 4) is 0 Å². The Kier molecular flexibility index (Phi) is 2.37. The van der Waals surface area contributed by atoms with Gasteiger partial charge >= 0.3 is 6.09 Å². The Bertz CT molecular complexity index is 206. The molecule has 2 rings (SSSR count). The molecule has 0 aliphatic carbocycles. The number of likely N-dealkylation sites (N-methyl/N-ethyl adjacent to an activating group) is 1. The molecule has 2 aliphatic heterocycles. The van der Waals surface area contributed by atoms with Crippen LogP contribution in [0, 0.1) is 0 Å². The summed E-state index contributed by atoms with van der Waals surface area (Å²) in [5.41, 5.74) is 0. The van der Waals surface area contributed by atoms with E-state index in [9.17, 15) is 4.79 Å². The van der Waals surface area contributed by atoms with E-state index in [-0.39, 0.29) is 12.2 Å². The Morgan fingerprint density at radius 3 is 2.92 bits per heavy atom. The number of ether oxygens (including phenoxy) is 2. The van der Waals surface area contributed by atoms with Crippen LogP contribution in [-0.4, -0.2) is 56.5 Å². The molecule has 0 aromatic rings. The Morgan fingerprint density at radius 2 is 2.46 bits per heavy atom. The van der Waals surface area contributed by atoms with E-state index in [4.69, 9.17) is 9.47 Å². The molecule has 2 aliphatic rings. The first kappa shape index (κ1) is 8.77. The Balaban J connectivity index is 1.67. The summed E-state index contributed by atoms with van der Waals surface area (Å²) in [7, 11) is 1.73. The first-order valence-corrected chi connectivity index (χ1v) is 4.50. The predicted molar refractivity (Wildman–Crippen MR) is 45.5 cm³/mol. The highest BCUT2D eigenvalue weighted by Crippen LogP contribution is 2.10. The molecule has 2 saturated heterocycles. The maximum absolute atomic E-state index is 10.9. The van der Waals surface area contributed by atoms with E-state index in [1.807, 2.05) is 0 Å². The third-order valence-corrected chi connectivity index (χ3v) is 2.32. The monoisotopic (exact) mass is 186 g/mol. The Morgan fingerprint density at radius 1 is 1.69 bits per heavy atom. The Hall–Kier alpha value is -0.810. The van der Waals surface area contributed by atoms with Gasteiger partial charge in [-0.2, -0.15) is 0 Å². The number of nitrogens with one attached hydrogen (secondary N) is 1. The van der Waals surface area contributed by atoms with Gasteiger partial charge in [0.15, 0.2) is 0 Å². The number of nitrogens with zero attached hydrogens (tertiary/aromatic N) is 1. The molecule has 0 radical (unpaired) electrons. The van der Waals surface area contributed by atoms with Crippen LogP contribution in [0.4, 0.5) is 4.79 Å². The number of carbonyl (C=O) groups excluding carboxylic acids is 1. The number of amides is 1. The van der Waals surface area contributed by atoms with Gasteiger partial charge in [-0.3, -0.25) is 0 Å². The molecule has 5 nitrogen and oxygen atoms in total. The van der Waals surface area contributed by atoms with Crippen molar-refractivity contribution in [1.82, 2.24) is 10.2 Å². The van der Waals surface area contributed by atoms with Crippen LogP contribution in [0.25, 0.3) is 0 Å². The van der Waals surface area contributed by atoms with E-state index in [1.54, 1.807) is 11.9 Å². The van der Waals surface area contributed by atoms with Crippen LogP contribution in [0.15, 0.2) is 0 Å². The van der Waals surface area contributed by atoms with Crippen molar-refractivity contribution in [2.45, 2.75) is 12.2 Å². The van der Waals surface area contributed by atoms with Crippen LogP contribution in [-0.2, 0) is 9.47 Å². The van der Waals surface area contributed by atoms with Gasteiger partial charge in [0.2, 0.25) is 0 Å². The lowest BCUT2D eigenvalue weighted by Gasteiger charge is -2.27. The second-order valence-electron chi connectivity index (χ2n) is 3.50. The molecule has 13 heavy (non-hydrogen) atoms. The number of cyclic esters (lactones) is 1. The van der Waals surface area contributed by atoms with Crippen molar-refractivity contribution in [3.05, 3.63) is 0 Å². The van der Waals surface area contributed by atoms with Gasteiger partial charge < -0.3 is 19.7 Å². The summed E-state index contributed by atoms with van der Waals surface area (Å²) in [5.74, 6) is 0. The summed E-state index contributed by atoms with van der Waals surface area (Å²) < 4.78 is 10.5. The molecule has 2 heterocycles. The van der Waals surface area contributed by atoms with Gasteiger partial charge in [0.05, 0.1) is 19.3 Å². The minimum atomic E-state index is -0.250. The van der Waals surface area contributed by atoms with E-state index in [0.29, 0.717) is 19.3 Å². The minimum absolute atomic E-state index is 0.0851. The summed E-state index contributed by atoms with van der Waals surface area (Å²) >= 11 is 0. The lowest BCUT2D eigenvalue weighted by molar-refractivity contribution is -0.0221. The van der Waals surface area contributed by atoms with E-state index in [0.717, 1.165) is 13.1 Å². The van der Waals surface area contributed by atoms with Crippen LogP contribution >= 0.6 is 0 Å². The lowest BCUT2D eigenvalue weighted by atomic mass is 10.2. The van der Waals surface area contributed by atoms with Crippen LogP contribution in [0.1, 0.15) is 0 Å². The van der Waals surface area contributed by atoms with Crippen LogP contribution < -0.4 is 5.32 Å². The van der Waals surface area contributed by atoms with Crippen LogP contribution in [0.5, 0.6) is 0 Å². The third kappa shape index (κ3) is 1.92. The summed E-state index contributed by atoms with van der Waals surface area (Å²) in [4.78, 5) is 12.5. The topological polar surface area (TPSA) is 50.8 Å². The van der Waals surface area contributed by atoms with Crippen molar-refractivity contribution in [1.29, 1.82) is 0 Å². The SMILES string of the molecule is CN1CC(COC2CNC2)OC1=O. The maximum Gasteiger partial charge on any atom is 0.410 e. The number of carbonyl (C=O) groups is 1. The smallest absolute Gasteiger partial charge is 0.410 e. The molecule has 1 amide bonds. The average molecular weight is 186 g/mol. The molecule has 0 aromatic heterocycles. The fourth-order valence-electron chi connectivity index (χ4n) is 1.36. The number of hydrogen-bond acceptors (Lipinski definition) is 4. The number of hydrogen-bond donors (Lipinski definition) is 1. The van der Waals surface area contributed by atoms with Crippen molar-refractivity contribution in [2.75, 3.05) is 33.3 Å². The molecule has 0 spiro atoms. The van der Waals surface area contributed by atoms with E-state index in [2.05, 4.69) is 5.32 Å². The van der Waals surface area contributed by atoms with Gasteiger partial charge in [0.1, 0.15) is 6.10 Å². The second-order valence-corrected chi connectivity index (χ2v) is 3.50.